The van der Waals surface area contributed by atoms with Gasteiger partial charge >= 0.3 is 0 Å². The highest BCUT2D eigenvalue weighted by molar-refractivity contribution is 6.36. The summed E-state index contributed by atoms with van der Waals surface area (Å²) in [5, 5.41) is 4.15. The van der Waals surface area contributed by atoms with Crippen LogP contribution >= 0.6 is 23.2 Å². The number of amides is 2. The van der Waals surface area contributed by atoms with Gasteiger partial charge in [0.1, 0.15) is 6.04 Å². The van der Waals surface area contributed by atoms with E-state index in [1.165, 1.54) is 5.56 Å². The van der Waals surface area contributed by atoms with Crippen LogP contribution in [0.2, 0.25) is 10.0 Å². The SMILES string of the molecule is CC[C@@H](C(=O)NC1CCCC1)N(Cc1c(Cl)cccc1Cl)C(=O)Cc1ccc(C)c(C)c1. The molecule has 1 fully saturated rings. The summed E-state index contributed by atoms with van der Waals surface area (Å²) in [7, 11) is 0. The van der Waals surface area contributed by atoms with Crippen LogP contribution in [0.1, 0.15) is 61.3 Å². The van der Waals surface area contributed by atoms with Gasteiger partial charge in [0.05, 0.1) is 6.42 Å². The summed E-state index contributed by atoms with van der Waals surface area (Å²) in [4.78, 5) is 28.4. The van der Waals surface area contributed by atoms with Crippen molar-refractivity contribution in [2.24, 2.45) is 0 Å². The number of carbonyl (C=O) groups is 2. The van der Waals surface area contributed by atoms with Gasteiger partial charge in [-0.1, -0.05) is 67.2 Å². The fraction of sp³-hybridized carbons (Fsp3) is 0.462. The maximum absolute atomic E-state index is 13.5. The molecule has 4 nitrogen and oxygen atoms in total. The van der Waals surface area contributed by atoms with Crippen molar-refractivity contribution in [2.45, 2.75) is 77.9 Å². The normalized spacial score (nSPS) is 14.9. The molecule has 0 heterocycles. The molecule has 0 aliphatic heterocycles. The molecule has 32 heavy (non-hydrogen) atoms. The quantitative estimate of drug-likeness (QED) is 0.508. The van der Waals surface area contributed by atoms with Crippen LogP contribution in [0.4, 0.5) is 0 Å². The number of aryl methyl sites for hydroxylation is 2. The first-order valence-electron chi connectivity index (χ1n) is 11.4. The number of nitrogens with one attached hydrogen (secondary N) is 1. The molecule has 0 aromatic heterocycles. The van der Waals surface area contributed by atoms with Crippen molar-refractivity contribution in [3.8, 4) is 0 Å². The molecule has 0 radical (unpaired) electrons. The van der Waals surface area contributed by atoms with Crippen molar-refractivity contribution >= 4 is 35.0 Å². The fourth-order valence-corrected chi connectivity index (χ4v) is 4.85. The minimum atomic E-state index is -0.581. The lowest BCUT2D eigenvalue weighted by Gasteiger charge is -2.32. The molecule has 6 heteroatoms. The van der Waals surface area contributed by atoms with Crippen molar-refractivity contribution < 1.29 is 9.59 Å². The summed E-state index contributed by atoms with van der Waals surface area (Å²) in [6, 6.07) is 10.9. The summed E-state index contributed by atoms with van der Waals surface area (Å²) in [6.07, 6.45) is 4.98. The molecule has 1 atom stereocenters. The first-order valence-corrected chi connectivity index (χ1v) is 12.1. The van der Waals surface area contributed by atoms with Gasteiger partial charge in [0, 0.05) is 28.2 Å². The minimum Gasteiger partial charge on any atom is -0.352 e. The summed E-state index contributed by atoms with van der Waals surface area (Å²) in [5.41, 5.74) is 3.92. The maximum Gasteiger partial charge on any atom is 0.243 e. The van der Waals surface area contributed by atoms with Gasteiger partial charge < -0.3 is 10.2 Å². The van der Waals surface area contributed by atoms with Crippen LogP contribution in [-0.4, -0.2) is 28.8 Å². The second kappa shape index (κ2) is 11.2. The van der Waals surface area contributed by atoms with Crippen molar-refractivity contribution in [1.82, 2.24) is 10.2 Å². The highest BCUT2D eigenvalue weighted by Gasteiger charge is 2.31. The van der Waals surface area contributed by atoms with Crippen LogP contribution in [-0.2, 0) is 22.6 Å². The molecular weight excluding hydrogens is 443 g/mol. The zero-order valence-electron chi connectivity index (χ0n) is 19.1. The average Bonchev–Trinajstić information content (AvgIpc) is 3.25. The third-order valence-electron chi connectivity index (χ3n) is 6.40. The van der Waals surface area contributed by atoms with Gasteiger partial charge in [-0.3, -0.25) is 9.59 Å². The van der Waals surface area contributed by atoms with Crippen LogP contribution in [0.25, 0.3) is 0 Å². The zero-order chi connectivity index (χ0) is 23.3. The predicted octanol–water partition coefficient (Wildman–Crippen LogP) is 6.02. The molecule has 1 aliphatic carbocycles. The molecule has 1 saturated carbocycles. The molecular formula is C26H32Cl2N2O2. The molecule has 2 aromatic carbocycles. The highest BCUT2D eigenvalue weighted by Crippen LogP contribution is 2.28. The molecule has 172 valence electrons. The number of halogens is 2. The van der Waals surface area contributed by atoms with Gasteiger partial charge in [0.2, 0.25) is 11.8 Å². The van der Waals surface area contributed by atoms with Crippen molar-refractivity contribution in [1.29, 1.82) is 0 Å². The number of carbonyl (C=O) groups excluding carboxylic acids is 2. The largest absolute Gasteiger partial charge is 0.352 e. The van der Waals surface area contributed by atoms with E-state index in [0.29, 0.717) is 22.0 Å². The van der Waals surface area contributed by atoms with Crippen LogP contribution < -0.4 is 5.32 Å². The maximum atomic E-state index is 13.5. The van der Waals surface area contributed by atoms with Crippen molar-refractivity contribution in [3.05, 3.63) is 68.7 Å². The van der Waals surface area contributed by atoms with E-state index in [0.717, 1.165) is 36.8 Å². The Morgan fingerprint density at radius 3 is 2.31 bits per heavy atom. The first kappa shape index (κ1) is 24.6. The number of nitrogens with zero attached hydrogens (tertiary/aromatic N) is 1. The topological polar surface area (TPSA) is 49.4 Å². The number of hydrogen-bond acceptors (Lipinski definition) is 2. The molecule has 0 saturated heterocycles. The minimum absolute atomic E-state index is 0.101. The Balaban J connectivity index is 1.88. The monoisotopic (exact) mass is 474 g/mol. The van der Waals surface area contributed by atoms with E-state index in [1.807, 2.05) is 39.0 Å². The third kappa shape index (κ3) is 6.05. The molecule has 2 amide bonds. The van der Waals surface area contributed by atoms with Gasteiger partial charge in [-0.25, -0.2) is 0 Å². The van der Waals surface area contributed by atoms with Crippen molar-refractivity contribution in [2.75, 3.05) is 0 Å². The number of benzene rings is 2. The second-order valence-electron chi connectivity index (χ2n) is 8.73. The Labute approximate surface area is 201 Å². The first-order chi connectivity index (χ1) is 15.3. The lowest BCUT2D eigenvalue weighted by molar-refractivity contribution is -0.141. The fourth-order valence-electron chi connectivity index (χ4n) is 4.33. The van der Waals surface area contributed by atoms with E-state index in [4.69, 9.17) is 23.2 Å². The van der Waals surface area contributed by atoms with Gasteiger partial charge in [-0.15, -0.1) is 0 Å². The molecule has 3 rings (SSSR count). The summed E-state index contributed by atoms with van der Waals surface area (Å²) in [6.45, 7) is 6.21. The van der Waals surface area contributed by atoms with Gasteiger partial charge in [-0.05, 0) is 61.9 Å². The molecule has 0 spiro atoms. The summed E-state index contributed by atoms with van der Waals surface area (Å²) >= 11 is 12.8. The van der Waals surface area contributed by atoms with Crippen molar-refractivity contribution in [3.63, 3.8) is 0 Å². The molecule has 0 bridgehead atoms. The summed E-state index contributed by atoms with van der Waals surface area (Å²) < 4.78 is 0. The second-order valence-corrected chi connectivity index (χ2v) is 9.55. The van der Waals surface area contributed by atoms with Gasteiger partial charge in [0.15, 0.2) is 0 Å². The van der Waals surface area contributed by atoms with Crippen LogP contribution in [0.3, 0.4) is 0 Å². The Morgan fingerprint density at radius 2 is 1.72 bits per heavy atom. The number of rotatable bonds is 8. The van der Waals surface area contributed by atoms with Crippen LogP contribution in [0.15, 0.2) is 36.4 Å². The highest BCUT2D eigenvalue weighted by atomic mass is 35.5. The Hall–Kier alpha value is -2.04. The Kier molecular flexibility index (Phi) is 8.61. The molecule has 0 unspecified atom stereocenters. The van der Waals surface area contributed by atoms with E-state index < -0.39 is 6.04 Å². The van der Waals surface area contributed by atoms with E-state index in [-0.39, 0.29) is 30.8 Å². The standard InChI is InChI=1S/C26H32Cl2N2O2/c1-4-24(26(32)29-20-8-5-6-9-20)30(16-21-22(27)10-7-11-23(21)28)25(31)15-19-13-12-17(2)18(3)14-19/h7,10-14,20,24H,4-6,8-9,15-16H2,1-3H3,(H,29,32)/t24-/m0/s1. The zero-order valence-corrected chi connectivity index (χ0v) is 20.6. The average molecular weight is 475 g/mol. The lowest BCUT2D eigenvalue weighted by atomic mass is 10.0. The van der Waals surface area contributed by atoms with Crippen LogP contribution in [0, 0.1) is 13.8 Å². The van der Waals surface area contributed by atoms with E-state index >= 15 is 0 Å². The smallest absolute Gasteiger partial charge is 0.243 e. The van der Waals surface area contributed by atoms with Gasteiger partial charge in [-0.2, -0.15) is 0 Å². The predicted molar refractivity (Wildman–Crippen MR) is 131 cm³/mol. The molecule has 2 aromatic rings. The van der Waals surface area contributed by atoms with E-state index in [9.17, 15) is 9.59 Å². The Bertz CT molecular complexity index is 950. The lowest BCUT2D eigenvalue weighted by Crippen LogP contribution is -2.51. The van der Waals surface area contributed by atoms with Crippen LogP contribution in [0.5, 0.6) is 0 Å². The van der Waals surface area contributed by atoms with E-state index in [2.05, 4.69) is 5.32 Å². The number of hydrogen-bond donors (Lipinski definition) is 1. The summed E-state index contributed by atoms with van der Waals surface area (Å²) in [5.74, 6) is -0.214. The molecule has 1 N–H and O–H groups in total. The third-order valence-corrected chi connectivity index (χ3v) is 7.11. The molecule has 1 aliphatic rings. The van der Waals surface area contributed by atoms with E-state index in [1.54, 1.807) is 23.1 Å². The Morgan fingerprint density at radius 1 is 1.06 bits per heavy atom. The van der Waals surface area contributed by atoms with Gasteiger partial charge in [0.25, 0.3) is 0 Å².